The zero-order chi connectivity index (χ0) is 10.0. The maximum atomic E-state index is 13.0. The normalized spacial score (nSPS) is 13.0. The molecule has 0 heterocycles. The molecule has 0 unspecified atom stereocenters. The Labute approximate surface area is 73.5 Å². The van der Waals surface area contributed by atoms with Gasteiger partial charge in [0, 0.05) is 11.6 Å². The molecule has 1 aromatic rings. The van der Waals surface area contributed by atoms with E-state index in [0.29, 0.717) is 0 Å². The largest absolute Gasteiger partial charge is 0.271 e. The predicted octanol–water partition coefficient (Wildman–Crippen LogP) is 1.63. The summed E-state index contributed by atoms with van der Waals surface area (Å²) in [6, 6.07) is 1.45. The molecule has 0 saturated carbocycles. The van der Waals surface area contributed by atoms with Gasteiger partial charge in [-0.05, 0) is 13.0 Å². The Morgan fingerprint density at radius 3 is 2.38 bits per heavy atom. The third-order valence-corrected chi connectivity index (χ3v) is 1.78. The maximum Gasteiger partial charge on any atom is 0.194 e. The predicted molar refractivity (Wildman–Crippen MR) is 42.1 cm³/mol. The van der Waals surface area contributed by atoms with E-state index in [2.05, 4.69) is 5.43 Å². The van der Waals surface area contributed by atoms with Gasteiger partial charge in [-0.25, -0.2) is 13.2 Å². The fourth-order valence-corrected chi connectivity index (χ4v) is 0.965. The van der Waals surface area contributed by atoms with E-state index in [-0.39, 0.29) is 5.56 Å². The highest BCUT2D eigenvalue weighted by Gasteiger charge is 2.16. The smallest absolute Gasteiger partial charge is 0.194 e. The number of hydrazine groups is 1. The minimum absolute atomic E-state index is 0.00130. The molecule has 0 saturated heterocycles. The van der Waals surface area contributed by atoms with E-state index in [1.54, 1.807) is 0 Å². The van der Waals surface area contributed by atoms with Crippen LogP contribution < -0.4 is 11.3 Å². The summed E-state index contributed by atoms with van der Waals surface area (Å²) in [7, 11) is 0. The Bertz CT molecular complexity index is 315. The first-order valence-corrected chi connectivity index (χ1v) is 3.67. The van der Waals surface area contributed by atoms with Crippen LogP contribution in [0.1, 0.15) is 18.5 Å². The quantitative estimate of drug-likeness (QED) is 0.422. The molecule has 0 spiro atoms. The van der Waals surface area contributed by atoms with Crippen molar-refractivity contribution < 1.29 is 13.2 Å². The number of halogens is 3. The summed E-state index contributed by atoms with van der Waals surface area (Å²) >= 11 is 0. The van der Waals surface area contributed by atoms with E-state index < -0.39 is 23.5 Å². The van der Waals surface area contributed by atoms with Gasteiger partial charge in [-0.2, -0.15) is 0 Å². The van der Waals surface area contributed by atoms with Crippen molar-refractivity contribution in [3.8, 4) is 0 Å². The van der Waals surface area contributed by atoms with Gasteiger partial charge < -0.3 is 0 Å². The van der Waals surface area contributed by atoms with Gasteiger partial charge in [0.05, 0.1) is 0 Å². The van der Waals surface area contributed by atoms with Crippen LogP contribution >= 0.6 is 0 Å². The lowest BCUT2D eigenvalue weighted by Gasteiger charge is -2.11. The molecule has 1 rings (SSSR count). The molecule has 0 amide bonds. The molecule has 0 aromatic heterocycles. The van der Waals surface area contributed by atoms with Crippen molar-refractivity contribution in [2.45, 2.75) is 13.0 Å². The molecule has 5 heteroatoms. The number of rotatable bonds is 2. The Balaban J connectivity index is 3.18. The average molecular weight is 190 g/mol. The Kier molecular flexibility index (Phi) is 2.90. The fourth-order valence-electron chi connectivity index (χ4n) is 0.965. The van der Waals surface area contributed by atoms with Crippen molar-refractivity contribution in [2.75, 3.05) is 0 Å². The van der Waals surface area contributed by atoms with Gasteiger partial charge in [0.2, 0.25) is 0 Å². The summed E-state index contributed by atoms with van der Waals surface area (Å²) in [4.78, 5) is 0. The molecule has 1 atom stereocenters. The Morgan fingerprint density at radius 1 is 1.23 bits per heavy atom. The second kappa shape index (κ2) is 3.76. The van der Waals surface area contributed by atoms with Crippen molar-refractivity contribution in [3.05, 3.63) is 35.1 Å². The van der Waals surface area contributed by atoms with Gasteiger partial charge >= 0.3 is 0 Å². The molecule has 0 radical (unpaired) electrons. The first kappa shape index (κ1) is 10.0. The topological polar surface area (TPSA) is 38.0 Å². The van der Waals surface area contributed by atoms with Crippen molar-refractivity contribution in [1.29, 1.82) is 0 Å². The highest BCUT2D eigenvalue weighted by Crippen LogP contribution is 2.20. The zero-order valence-electron chi connectivity index (χ0n) is 6.94. The van der Waals surface area contributed by atoms with E-state index in [1.807, 2.05) is 0 Å². The van der Waals surface area contributed by atoms with Crippen LogP contribution in [0.4, 0.5) is 13.2 Å². The summed E-state index contributed by atoms with van der Waals surface area (Å²) in [6.07, 6.45) is 0. The SMILES string of the molecule is C[C@@H](NN)c1ccc(F)c(F)c1F. The molecule has 0 bridgehead atoms. The molecule has 0 aliphatic carbocycles. The monoisotopic (exact) mass is 190 g/mol. The third-order valence-electron chi connectivity index (χ3n) is 1.78. The molecule has 0 aliphatic rings. The van der Waals surface area contributed by atoms with Crippen LogP contribution in [0, 0.1) is 17.5 Å². The van der Waals surface area contributed by atoms with Crippen LogP contribution in [-0.2, 0) is 0 Å². The van der Waals surface area contributed by atoms with E-state index in [9.17, 15) is 13.2 Å². The van der Waals surface area contributed by atoms with E-state index in [0.717, 1.165) is 12.1 Å². The molecule has 0 aliphatic heterocycles. The third kappa shape index (κ3) is 1.81. The fraction of sp³-hybridized carbons (Fsp3) is 0.250. The van der Waals surface area contributed by atoms with Gasteiger partial charge in [0.25, 0.3) is 0 Å². The van der Waals surface area contributed by atoms with Crippen molar-refractivity contribution >= 4 is 0 Å². The van der Waals surface area contributed by atoms with E-state index in [4.69, 9.17) is 5.84 Å². The molecule has 0 fully saturated rings. The van der Waals surface area contributed by atoms with E-state index in [1.165, 1.54) is 6.92 Å². The molecule has 13 heavy (non-hydrogen) atoms. The lowest BCUT2D eigenvalue weighted by Crippen LogP contribution is -2.26. The minimum Gasteiger partial charge on any atom is -0.271 e. The minimum atomic E-state index is -1.47. The molecule has 72 valence electrons. The zero-order valence-corrected chi connectivity index (χ0v) is 6.94. The number of nitrogens with one attached hydrogen (secondary N) is 1. The summed E-state index contributed by atoms with van der Waals surface area (Å²) in [6.45, 7) is 1.54. The summed E-state index contributed by atoms with van der Waals surface area (Å²) < 4.78 is 38.1. The first-order valence-electron chi connectivity index (χ1n) is 3.67. The van der Waals surface area contributed by atoms with Gasteiger partial charge in [-0.3, -0.25) is 11.3 Å². The highest BCUT2D eigenvalue weighted by atomic mass is 19.2. The van der Waals surface area contributed by atoms with Crippen molar-refractivity contribution in [3.63, 3.8) is 0 Å². The molecular weight excluding hydrogens is 181 g/mol. The Morgan fingerprint density at radius 2 is 1.85 bits per heavy atom. The van der Waals surface area contributed by atoms with Crippen LogP contribution in [0.5, 0.6) is 0 Å². The van der Waals surface area contributed by atoms with Crippen molar-refractivity contribution in [2.24, 2.45) is 5.84 Å². The first-order chi connectivity index (χ1) is 6.07. The standard InChI is InChI=1S/C8H9F3N2/c1-4(13-12)5-2-3-6(9)8(11)7(5)10/h2-4,13H,12H2,1H3/t4-/m1/s1. The van der Waals surface area contributed by atoms with Crippen LogP contribution in [0.25, 0.3) is 0 Å². The summed E-state index contributed by atoms with van der Waals surface area (Å²) in [5.74, 6) is 1.15. The summed E-state index contributed by atoms with van der Waals surface area (Å²) in [5.41, 5.74) is 2.24. The van der Waals surface area contributed by atoms with Crippen LogP contribution in [-0.4, -0.2) is 0 Å². The van der Waals surface area contributed by atoms with Crippen LogP contribution in [0.3, 0.4) is 0 Å². The number of hydrogen-bond acceptors (Lipinski definition) is 2. The second-order valence-electron chi connectivity index (χ2n) is 2.65. The average Bonchev–Trinajstić information content (AvgIpc) is 2.13. The van der Waals surface area contributed by atoms with Crippen LogP contribution in [0.2, 0.25) is 0 Å². The molecule has 1 aromatic carbocycles. The van der Waals surface area contributed by atoms with Gasteiger partial charge in [0.15, 0.2) is 17.5 Å². The lowest BCUT2D eigenvalue weighted by atomic mass is 10.1. The summed E-state index contributed by atoms with van der Waals surface area (Å²) in [5, 5.41) is 0. The molecular formula is C8H9F3N2. The number of nitrogens with two attached hydrogens (primary N) is 1. The maximum absolute atomic E-state index is 13.0. The van der Waals surface area contributed by atoms with Gasteiger partial charge in [-0.15, -0.1) is 0 Å². The highest BCUT2D eigenvalue weighted by molar-refractivity contribution is 5.22. The molecule has 2 nitrogen and oxygen atoms in total. The van der Waals surface area contributed by atoms with E-state index >= 15 is 0 Å². The number of benzene rings is 1. The van der Waals surface area contributed by atoms with Gasteiger partial charge in [0.1, 0.15) is 0 Å². The Hall–Kier alpha value is -1.07. The van der Waals surface area contributed by atoms with Gasteiger partial charge in [-0.1, -0.05) is 6.07 Å². The molecule has 3 N–H and O–H groups in total. The lowest BCUT2D eigenvalue weighted by molar-refractivity contribution is 0.430. The number of hydrogen-bond donors (Lipinski definition) is 2. The van der Waals surface area contributed by atoms with Crippen molar-refractivity contribution in [1.82, 2.24) is 5.43 Å². The van der Waals surface area contributed by atoms with Crippen LogP contribution in [0.15, 0.2) is 12.1 Å². The second-order valence-corrected chi connectivity index (χ2v) is 2.65.